The van der Waals surface area contributed by atoms with Gasteiger partial charge in [-0.05, 0) is 72.1 Å². The normalized spacial score (nSPS) is 11.0. The number of hydrogen-bond donors (Lipinski definition) is 2. The molecular weight excluding hydrogens is 548 g/mol. The van der Waals surface area contributed by atoms with Crippen molar-refractivity contribution in [1.29, 1.82) is 0 Å². The number of ketones is 1. The summed E-state index contributed by atoms with van der Waals surface area (Å²) in [5.41, 5.74) is 2.32. The van der Waals surface area contributed by atoms with Gasteiger partial charge >= 0.3 is 0 Å². The van der Waals surface area contributed by atoms with Gasteiger partial charge in [-0.1, -0.05) is 6.58 Å². The number of aromatic nitrogens is 2. The molecule has 1 aromatic heterocycles. The lowest BCUT2D eigenvalue weighted by Gasteiger charge is -2.26. The molecule has 1 heterocycles. The number of benzene rings is 2. The number of rotatable bonds is 15. The van der Waals surface area contributed by atoms with Crippen molar-refractivity contribution in [2.24, 2.45) is 0 Å². The van der Waals surface area contributed by atoms with Crippen LogP contribution in [0, 0.1) is 0 Å². The van der Waals surface area contributed by atoms with E-state index in [1.165, 1.54) is 12.3 Å². The molecule has 0 aliphatic carbocycles. The van der Waals surface area contributed by atoms with Crippen LogP contribution in [0.5, 0.6) is 17.2 Å². The summed E-state index contributed by atoms with van der Waals surface area (Å²) in [4.78, 5) is 38.8. The van der Waals surface area contributed by atoms with Gasteiger partial charge in [0.25, 0.3) is 0 Å². The molecule has 0 radical (unpaired) electrons. The zero-order valence-corrected chi connectivity index (χ0v) is 26.2. The lowest BCUT2D eigenvalue weighted by molar-refractivity contribution is -0.111. The molecule has 0 saturated carbocycles. The highest BCUT2D eigenvalue weighted by Crippen LogP contribution is 2.38. The summed E-state index contributed by atoms with van der Waals surface area (Å²) >= 11 is 0. The van der Waals surface area contributed by atoms with Crippen molar-refractivity contribution < 1.29 is 23.8 Å². The Morgan fingerprint density at radius 1 is 0.953 bits per heavy atom. The van der Waals surface area contributed by atoms with E-state index in [-0.39, 0.29) is 35.5 Å². The van der Waals surface area contributed by atoms with E-state index in [2.05, 4.69) is 32.1 Å². The van der Waals surface area contributed by atoms with Gasteiger partial charge in [0, 0.05) is 38.5 Å². The molecule has 11 nitrogen and oxygen atoms in total. The average molecular weight is 591 g/mol. The summed E-state index contributed by atoms with van der Waals surface area (Å²) in [6.45, 7) is 12.7. The van der Waals surface area contributed by atoms with Crippen LogP contribution in [-0.4, -0.2) is 80.1 Å². The van der Waals surface area contributed by atoms with E-state index in [4.69, 9.17) is 14.2 Å². The average Bonchev–Trinajstić information content (AvgIpc) is 2.95. The Kier molecular flexibility index (Phi) is 11.5. The van der Waals surface area contributed by atoms with Gasteiger partial charge in [-0.25, -0.2) is 9.97 Å². The molecule has 0 unspecified atom stereocenters. The molecule has 0 saturated heterocycles. The van der Waals surface area contributed by atoms with Crippen molar-refractivity contribution in [3.63, 3.8) is 0 Å². The Bertz CT molecular complexity index is 1440. The molecule has 1 amide bonds. The molecule has 3 rings (SSSR count). The first-order chi connectivity index (χ1) is 20.4. The molecule has 0 atom stereocenters. The summed E-state index contributed by atoms with van der Waals surface area (Å²) in [7, 11) is 7.48. The largest absolute Gasteiger partial charge is 0.494 e. The number of carbonyl (C=O) groups excluding carboxylic acids is 2. The molecule has 0 aliphatic rings. The fraction of sp³-hybridized carbons (Fsp3) is 0.375. The lowest BCUT2D eigenvalue weighted by Crippen LogP contribution is -2.29. The summed E-state index contributed by atoms with van der Waals surface area (Å²) in [5, 5.41) is 6.01. The highest BCUT2D eigenvalue weighted by Gasteiger charge is 2.20. The SMILES string of the molecule is C=CC(=O)Nc1cc(Nc2nccc(C(=O)c3ccc(OC(C)C)cc3OC(C)C)n2)c(OC)cc1N(C)CCN(C)C. The van der Waals surface area contributed by atoms with Crippen molar-refractivity contribution in [2.75, 3.05) is 56.9 Å². The van der Waals surface area contributed by atoms with Crippen LogP contribution in [-0.2, 0) is 4.79 Å². The van der Waals surface area contributed by atoms with Crippen LogP contribution in [0.25, 0.3) is 0 Å². The van der Waals surface area contributed by atoms with Gasteiger partial charge < -0.3 is 34.6 Å². The van der Waals surface area contributed by atoms with E-state index < -0.39 is 0 Å². The molecule has 2 aromatic carbocycles. The van der Waals surface area contributed by atoms with Gasteiger partial charge in [0.15, 0.2) is 0 Å². The molecule has 11 heteroatoms. The van der Waals surface area contributed by atoms with Crippen LogP contribution in [0.3, 0.4) is 0 Å². The zero-order chi connectivity index (χ0) is 31.7. The van der Waals surface area contributed by atoms with Crippen LogP contribution >= 0.6 is 0 Å². The standard InChI is InChI=1S/C32H42N6O5/c1-10-30(39)34-25-18-26(29(41-9)19-27(25)38(8)16-15-37(6)7)36-32-33-14-13-24(35-32)31(40)23-12-11-22(42-20(2)3)17-28(23)43-21(4)5/h10-14,17-21H,1,15-16H2,2-9H3,(H,34,39)(H,33,35,36). The lowest BCUT2D eigenvalue weighted by atomic mass is 10.1. The molecule has 0 fully saturated rings. The summed E-state index contributed by atoms with van der Waals surface area (Å²) in [6.07, 6.45) is 2.52. The molecule has 43 heavy (non-hydrogen) atoms. The van der Waals surface area contributed by atoms with Gasteiger partial charge in [-0.3, -0.25) is 9.59 Å². The van der Waals surface area contributed by atoms with E-state index in [0.717, 1.165) is 12.2 Å². The van der Waals surface area contributed by atoms with E-state index in [1.807, 2.05) is 59.8 Å². The first kappa shape index (κ1) is 32.9. The molecule has 0 spiro atoms. The van der Waals surface area contributed by atoms with E-state index >= 15 is 0 Å². The topological polar surface area (TPSA) is 118 Å². The van der Waals surface area contributed by atoms with Gasteiger partial charge in [0.1, 0.15) is 22.9 Å². The molecule has 0 bridgehead atoms. The third-order valence-electron chi connectivity index (χ3n) is 6.12. The summed E-state index contributed by atoms with van der Waals surface area (Å²) in [5.74, 6) is 0.994. The van der Waals surface area contributed by atoms with Crippen molar-refractivity contribution in [3.05, 3.63) is 66.5 Å². The first-order valence-electron chi connectivity index (χ1n) is 14.0. The number of methoxy groups -OCH3 is 1. The first-order valence-corrected chi connectivity index (χ1v) is 14.0. The number of ether oxygens (including phenoxy) is 3. The fourth-order valence-corrected chi connectivity index (χ4v) is 4.10. The predicted molar refractivity (Wildman–Crippen MR) is 170 cm³/mol. The number of likely N-dealkylation sites (N-methyl/N-ethyl adjacent to an activating group) is 2. The number of carbonyl (C=O) groups is 2. The fourth-order valence-electron chi connectivity index (χ4n) is 4.10. The van der Waals surface area contributed by atoms with Crippen LogP contribution in [0.15, 0.2) is 55.3 Å². The van der Waals surface area contributed by atoms with E-state index in [0.29, 0.717) is 40.7 Å². The Balaban J connectivity index is 1.97. The Morgan fingerprint density at radius 3 is 2.30 bits per heavy atom. The Hall–Kier alpha value is -4.64. The van der Waals surface area contributed by atoms with Crippen molar-refractivity contribution in [3.8, 4) is 17.2 Å². The number of anilines is 4. The van der Waals surface area contributed by atoms with Gasteiger partial charge in [0.2, 0.25) is 17.6 Å². The Labute approximate surface area is 253 Å². The van der Waals surface area contributed by atoms with Crippen LogP contribution in [0.2, 0.25) is 0 Å². The van der Waals surface area contributed by atoms with Crippen LogP contribution in [0.1, 0.15) is 43.7 Å². The Morgan fingerprint density at radius 2 is 1.67 bits per heavy atom. The molecule has 3 aromatic rings. The monoisotopic (exact) mass is 590 g/mol. The zero-order valence-electron chi connectivity index (χ0n) is 26.2. The number of nitrogens with one attached hydrogen (secondary N) is 2. The maximum absolute atomic E-state index is 13.6. The highest BCUT2D eigenvalue weighted by atomic mass is 16.5. The molecular formula is C32H42N6O5. The van der Waals surface area contributed by atoms with Gasteiger partial charge in [-0.15, -0.1) is 0 Å². The van der Waals surface area contributed by atoms with Gasteiger partial charge in [-0.2, -0.15) is 0 Å². The van der Waals surface area contributed by atoms with E-state index in [1.54, 1.807) is 37.4 Å². The van der Waals surface area contributed by atoms with Gasteiger partial charge in [0.05, 0.1) is 41.9 Å². The van der Waals surface area contributed by atoms with Crippen LogP contribution in [0.4, 0.5) is 23.0 Å². The third-order valence-corrected chi connectivity index (χ3v) is 6.12. The quantitative estimate of drug-likeness (QED) is 0.182. The maximum atomic E-state index is 13.6. The number of nitrogens with zero attached hydrogens (tertiary/aromatic N) is 4. The molecule has 2 N–H and O–H groups in total. The highest BCUT2D eigenvalue weighted by molar-refractivity contribution is 6.09. The minimum atomic E-state index is -0.355. The second kappa shape index (κ2) is 15.0. The van der Waals surface area contributed by atoms with E-state index in [9.17, 15) is 9.59 Å². The predicted octanol–water partition coefficient (Wildman–Crippen LogP) is 5.16. The maximum Gasteiger partial charge on any atom is 0.247 e. The second-order valence-electron chi connectivity index (χ2n) is 10.7. The second-order valence-corrected chi connectivity index (χ2v) is 10.7. The summed E-state index contributed by atoms with van der Waals surface area (Å²) < 4.78 is 17.4. The third kappa shape index (κ3) is 9.17. The van der Waals surface area contributed by atoms with Crippen LogP contribution < -0.4 is 29.7 Å². The number of amides is 1. The minimum absolute atomic E-state index is 0.0287. The van der Waals surface area contributed by atoms with Crippen molar-refractivity contribution in [1.82, 2.24) is 14.9 Å². The molecule has 230 valence electrons. The number of hydrogen-bond acceptors (Lipinski definition) is 10. The molecule has 0 aliphatic heterocycles. The van der Waals surface area contributed by atoms with Crippen molar-refractivity contribution >= 4 is 34.7 Å². The minimum Gasteiger partial charge on any atom is -0.494 e. The smallest absolute Gasteiger partial charge is 0.247 e. The summed E-state index contributed by atoms with van der Waals surface area (Å²) in [6, 6.07) is 10.2. The van der Waals surface area contributed by atoms with Crippen molar-refractivity contribution in [2.45, 2.75) is 39.9 Å².